The molecule has 1 atom stereocenters. The lowest BCUT2D eigenvalue weighted by molar-refractivity contribution is 0.229. The number of aromatic nitrogens is 1. The van der Waals surface area contributed by atoms with Gasteiger partial charge in [0, 0.05) is 37.5 Å². The van der Waals surface area contributed by atoms with E-state index in [9.17, 15) is 5.11 Å². The lowest BCUT2D eigenvalue weighted by atomic mass is 10.0. The number of hydrogen-bond acceptors (Lipinski definition) is 3. The van der Waals surface area contributed by atoms with Gasteiger partial charge in [-0.1, -0.05) is 19.9 Å². The van der Waals surface area contributed by atoms with Crippen molar-refractivity contribution < 1.29 is 5.11 Å². The molecule has 0 aliphatic carbocycles. The lowest BCUT2D eigenvalue weighted by Gasteiger charge is -2.12. The second kappa shape index (κ2) is 9.31. The number of nitrogens with zero attached hydrogens (tertiary/aromatic N) is 2. The minimum absolute atomic E-state index is 0.0512. The average Bonchev–Trinajstić information content (AvgIpc) is 2.44. The summed E-state index contributed by atoms with van der Waals surface area (Å²) in [5, 5.41) is 12.5. The predicted octanol–water partition coefficient (Wildman–Crippen LogP) is 1.18. The van der Waals surface area contributed by atoms with Crippen LogP contribution < -0.4 is 11.1 Å². The highest BCUT2D eigenvalue weighted by molar-refractivity contribution is 5.77. The zero-order valence-electron chi connectivity index (χ0n) is 12.4. The fourth-order valence-corrected chi connectivity index (χ4v) is 1.77. The zero-order valence-corrected chi connectivity index (χ0v) is 12.4. The Bertz CT molecular complexity index is 392. The maximum atomic E-state index is 9.39. The second-order valence-corrected chi connectivity index (χ2v) is 5.41. The van der Waals surface area contributed by atoms with Gasteiger partial charge in [0.05, 0.1) is 0 Å². The fraction of sp³-hybridized carbons (Fsp3) is 0.600. The van der Waals surface area contributed by atoms with Gasteiger partial charge < -0.3 is 16.2 Å². The SMILES string of the molecule is CC(C)CCNC(N)=NCC(CO)Cc1ccccn1. The molecule has 0 saturated carbocycles. The second-order valence-electron chi connectivity index (χ2n) is 5.41. The van der Waals surface area contributed by atoms with Crippen molar-refractivity contribution >= 4 is 5.96 Å². The van der Waals surface area contributed by atoms with E-state index in [-0.39, 0.29) is 12.5 Å². The number of hydrogen-bond donors (Lipinski definition) is 3. The number of aliphatic hydroxyl groups is 1. The Hall–Kier alpha value is -1.62. The van der Waals surface area contributed by atoms with Gasteiger partial charge in [-0.3, -0.25) is 9.98 Å². The van der Waals surface area contributed by atoms with E-state index in [1.54, 1.807) is 6.20 Å². The summed E-state index contributed by atoms with van der Waals surface area (Å²) >= 11 is 0. The number of nitrogens with two attached hydrogens (primary N) is 1. The van der Waals surface area contributed by atoms with Crippen LogP contribution in [-0.2, 0) is 6.42 Å². The van der Waals surface area contributed by atoms with Crippen molar-refractivity contribution in [1.82, 2.24) is 10.3 Å². The molecular weight excluding hydrogens is 252 g/mol. The molecule has 0 spiro atoms. The molecule has 0 fully saturated rings. The number of rotatable bonds is 8. The van der Waals surface area contributed by atoms with E-state index < -0.39 is 0 Å². The summed E-state index contributed by atoms with van der Waals surface area (Å²) in [6.07, 6.45) is 3.53. The largest absolute Gasteiger partial charge is 0.396 e. The number of pyridine rings is 1. The van der Waals surface area contributed by atoms with Crippen LogP contribution in [0.5, 0.6) is 0 Å². The highest BCUT2D eigenvalue weighted by Gasteiger charge is 2.09. The minimum atomic E-state index is 0.0512. The standard InChI is InChI=1S/C15H26N4O/c1-12(2)6-8-18-15(16)19-10-13(11-20)9-14-5-3-4-7-17-14/h3-5,7,12-13,20H,6,8-11H2,1-2H3,(H3,16,18,19). The molecule has 0 aliphatic rings. The first-order valence-electron chi connectivity index (χ1n) is 7.16. The maximum absolute atomic E-state index is 9.39. The van der Waals surface area contributed by atoms with Crippen molar-refractivity contribution in [2.45, 2.75) is 26.7 Å². The average molecular weight is 278 g/mol. The van der Waals surface area contributed by atoms with Crippen molar-refractivity contribution in [2.75, 3.05) is 19.7 Å². The maximum Gasteiger partial charge on any atom is 0.188 e. The topological polar surface area (TPSA) is 83.5 Å². The Kier molecular flexibility index (Phi) is 7.65. The molecule has 1 heterocycles. The van der Waals surface area contributed by atoms with E-state index in [1.165, 1.54) is 0 Å². The molecule has 1 aromatic heterocycles. The van der Waals surface area contributed by atoms with Crippen LogP contribution in [0, 0.1) is 11.8 Å². The molecule has 112 valence electrons. The summed E-state index contributed by atoms with van der Waals surface area (Å²) < 4.78 is 0. The van der Waals surface area contributed by atoms with E-state index in [0.29, 0.717) is 24.8 Å². The van der Waals surface area contributed by atoms with Gasteiger partial charge in [-0.05, 0) is 30.9 Å². The van der Waals surface area contributed by atoms with Crippen molar-refractivity contribution in [3.05, 3.63) is 30.1 Å². The van der Waals surface area contributed by atoms with Crippen molar-refractivity contribution in [2.24, 2.45) is 22.6 Å². The first-order chi connectivity index (χ1) is 9.61. The van der Waals surface area contributed by atoms with Crippen LogP contribution in [0.1, 0.15) is 26.0 Å². The molecule has 4 N–H and O–H groups in total. The van der Waals surface area contributed by atoms with Gasteiger partial charge in [0.2, 0.25) is 0 Å². The molecule has 1 unspecified atom stereocenters. The molecule has 0 aromatic carbocycles. The summed E-state index contributed by atoms with van der Waals surface area (Å²) in [5.41, 5.74) is 6.76. The Morgan fingerprint density at radius 3 is 2.85 bits per heavy atom. The van der Waals surface area contributed by atoms with Crippen LogP contribution in [0.4, 0.5) is 0 Å². The summed E-state index contributed by atoms with van der Waals surface area (Å²) in [6.45, 7) is 5.76. The molecule has 5 heteroatoms. The smallest absolute Gasteiger partial charge is 0.188 e. The van der Waals surface area contributed by atoms with Gasteiger partial charge in [-0.2, -0.15) is 0 Å². The summed E-state index contributed by atoms with van der Waals surface area (Å²) in [5.74, 6) is 1.14. The lowest BCUT2D eigenvalue weighted by Crippen LogP contribution is -2.33. The highest BCUT2D eigenvalue weighted by Crippen LogP contribution is 2.06. The van der Waals surface area contributed by atoms with Gasteiger partial charge in [-0.15, -0.1) is 0 Å². The van der Waals surface area contributed by atoms with E-state index in [0.717, 1.165) is 18.7 Å². The van der Waals surface area contributed by atoms with Crippen LogP contribution in [0.25, 0.3) is 0 Å². The van der Waals surface area contributed by atoms with Crippen molar-refractivity contribution in [3.63, 3.8) is 0 Å². The Morgan fingerprint density at radius 1 is 1.45 bits per heavy atom. The molecule has 0 saturated heterocycles. The summed E-state index contributed by atoms with van der Waals surface area (Å²) in [4.78, 5) is 8.54. The third kappa shape index (κ3) is 7.09. The molecule has 0 aliphatic heterocycles. The number of guanidine groups is 1. The van der Waals surface area contributed by atoms with Gasteiger partial charge in [0.15, 0.2) is 5.96 Å². The first-order valence-corrected chi connectivity index (χ1v) is 7.16. The number of aliphatic hydroxyl groups excluding tert-OH is 1. The molecule has 0 radical (unpaired) electrons. The van der Waals surface area contributed by atoms with E-state index in [1.807, 2.05) is 18.2 Å². The quantitative estimate of drug-likeness (QED) is 0.492. The Labute approximate surface area is 121 Å². The summed E-state index contributed by atoms with van der Waals surface area (Å²) in [7, 11) is 0. The van der Waals surface area contributed by atoms with Gasteiger partial charge in [0.1, 0.15) is 0 Å². The number of nitrogens with one attached hydrogen (secondary N) is 1. The fourth-order valence-electron chi connectivity index (χ4n) is 1.77. The van der Waals surface area contributed by atoms with Gasteiger partial charge >= 0.3 is 0 Å². The zero-order chi connectivity index (χ0) is 14.8. The highest BCUT2D eigenvalue weighted by atomic mass is 16.3. The third-order valence-electron chi connectivity index (χ3n) is 3.03. The van der Waals surface area contributed by atoms with Crippen molar-refractivity contribution in [3.8, 4) is 0 Å². The molecule has 0 bridgehead atoms. The van der Waals surface area contributed by atoms with Crippen LogP contribution >= 0.6 is 0 Å². The van der Waals surface area contributed by atoms with E-state index in [2.05, 4.69) is 29.1 Å². The van der Waals surface area contributed by atoms with Crippen LogP contribution in [0.3, 0.4) is 0 Å². The first kappa shape index (κ1) is 16.4. The molecule has 1 aromatic rings. The van der Waals surface area contributed by atoms with E-state index in [4.69, 9.17) is 5.73 Å². The van der Waals surface area contributed by atoms with Crippen molar-refractivity contribution in [1.29, 1.82) is 0 Å². The van der Waals surface area contributed by atoms with Crippen LogP contribution in [0.2, 0.25) is 0 Å². The van der Waals surface area contributed by atoms with E-state index >= 15 is 0 Å². The Morgan fingerprint density at radius 2 is 2.25 bits per heavy atom. The molecule has 0 amide bonds. The Balaban J connectivity index is 2.36. The molecule has 5 nitrogen and oxygen atoms in total. The van der Waals surface area contributed by atoms with Gasteiger partial charge in [-0.25, -0.2) is 0 Å². The monoisotopic (exact) mass is 278 g/mol. The normalized spacial score (nSPS) is 13.5. The van der Waals surface area contributed by atoms with Crippen LogP contribution in [0.15, 0.2) is 29.4 Å². The van der Waals surface area contributed by atoms with Gasteiger partial charge in [0.25, 0.3) is 0 Å². The molecule has 20 heavy (non-hydrogen) atoms. The minimum Gasteiger partial charge on any atom is -0.396 e. The molecular formula is C15H26N4O. The van der Waals surface area contributed by atoms with Crippen LogP contribution in [-0.4, -0.2) is 35.7 Å². The third-order valence-corrected chi connectivity index (χ3v) is 3.03. The molecule has 1 rings (SSSR count). The summed E-state index contributed by atoms with van der Waals surface area (Å²) in [6, 6.07) is 5.78. The number of aliphatic imine (C=N–C) groups is 1. The predicted molar refractivity (Wildman–Crippen MR) is 82.5 cm³/mol.